The number of aryl methyl sites for hydroxylation is 1. The average Bonchev–Trinajstić information content (AvgIpc) is 3.42. The van der Waals surface area contributed by atoms with Crippen molar-refractivity contribution >= 4 is 45.2 Å². The Balaban J connectivity index is 1.74. The van der Waals surface area contributed by atoms with Crippen LogP contribution in [0.1, 0.15) is 37.4 Å². The lowest BCUT2D eigenvalue weighted by Crippen LogP contribution is -2.38. The number of thioether (sulfide) groups is 1. The van der Waals surface area contributed by atoms with Crippen molar-refractivity contribution in [3.8, 4) is 0 Å². The Kier molecular flexibility index (Phi) is 5.50. The number of amides is 1. The molecule has 1 aliphatic rings. The molecule has 1 amide bonds. The van der Waals surface area contributed by atoms with Crippen molar-refractivity contribution in [3.05, 3.63) is 38.2 Å². The van der Waals surface area contributed by atoms with Gasteiger partial charge in [0.05, 0.1) is 5.75 Å². The van der Waals surface area contributed by atoms with E-state index in [1.807, 2.05) is 0 Å². The molecule has 3 aromatic heterocycles. The van der Waals surface area contributed by atoms with Gasteiger partial charge in [-0.25, -0.2) is 19.7 Å². The standard InChI is InChI=1S/C18H20N6O3S2/c1-23-14-12(16(26)24(2)18(23)27)15(22-13(21-14)10-5-3-4-6-10)29-9-11(25)20-17-19-7-8-28-17/h7-8,10H,3-6,9H2,1-2H3,(H,19,20,25). The lowest BCUT2D eigenvalue weighted by atomic mass is 10.1. The quantitative estimate of drug-likeness (QED) is 0.484. The van der Waals surface area contributed by atoms with E-state index in [4.69, 9.17) is 0 Å². The van der Waals surface area contributed by atoms with Crippen molar-refractivity contribution in [1.82, 2.24) is 24.1 Å². The van der Waals surface area contributed by atoms with E-state index in [9.17, 15) is 14.4 Å². The summed E-state index contributed by atoms with van der Waals surface area (Å²) in [6, 6.07) is 0. The van der Waals surface area contributed by atoms with E-state index in [0.29, 0.717) is 21.6 Å². The van der Waals surface area contributed by atoms with Gasteiger partial charge in [0.2, 0.25) is 5.91 Å². The second kappa shape index (κ2) is 8.07. The van der Waals surface area contributed by atoms with Crippen LogP contribution in [0.15, 0.2) is 26.2 Å². The summed E-state index contributed by atoms with van der Waals surface area (Å²) < 4.78 is 2.41. The largest absolute Gasteiger partial charge is 0.332 e. The van der Waals surface area contributed by atoms with Gasteiger partial charge in [0, 0.05) is 31.6 Å². The van der Waals surface area contributed by atoms with E-state index < -0.39 is 11.2 Å². The molecule has 1 aliphatic carbocycles. The second-order valence-electron chi connectivity index (χ2n) is 6.95. The summed E-state index contributed by atoms with van der Waals surface area (Å²) in [6.07, 6.45) is 5.81. The number of nitrogens with one attached hydrogen (secondary N) is 1. The Morgan fingerprint density at radius 3 is 2.69 bits per heavy atom. The van der Waals surface area contributed by atoms with E-state index in [0.717, 1.165) is 30.3 Å². The molecular weight excluding hydrogens is 412 g/mol. The van der Waals surface area contributed by atoms with Crippen LogP contribution in [0.4, 0.5) is 5.13 Å². The Morgan fingerprint density at radius 1 is 1.24 bits per heavy atom. The number of anilines is 1. The van der Waals surface area contributed by atoms with Crippen molar-refractivity contribution in [3.63, 3.8) is 0 Å². The first-order valence-electron chi connectivity index (χ1n) is 9.25. The number of nitrogens with zero attached hydrogens (tertiary/aromatic N) is 5. The Labute approximate surface area is 174 Å². The van der Waals surface area contributed by atoms with Gasteiger partial charge in [0.25, 0.3) is 5.56 Å². The summed E-state index contributed by atoms with van der Waals surface area (Å²) in [5.74, 6) is 0.686. The fourth-order valence-electron chi connectivity index (χ4n) is 3.49. The van der Waals surface area contributed by atoms with Gasteiger partial charge in [0.1, 0.15) is 16.2 Å². The summed E-state index contributed by atoms with van der Waals surface area (Å²) in [5, 5.41) is 5.72. The molecule has 0 aliphatic heterocycles. The monoisotopic (exact) mass is 432 g/mol. The van der Waals surface area contributed by atoms with Crippen molar-refractivity contribution in [2.24, 2.45) is 14.1 Å². The number of fused-ring (bicyclic) bond motifs is 1. The summed E-state index contributed by atoms with van der Waals surface area (Å²) in [5.41, 5.74) is -0.572. The zero-order valence-corrected chi connectivity index (χ0v) is 17.7. The van der Waals surface area contributed by atoms with Crippen molar-refractivity contribution in [2.75, 3.05) is 11.1 Å². The molecule has 3 heterocycles. The summed E-state index contributed by atoms with van der Waals surface area (Å²) >= 11 is 2.51. The van der Waals surface area contributed by atoms with E-state index in [1.165, 1.54) is 34.7 Å². The lowest BCUT2D eigenvalue weighted by molar-refractivity contribution is -0.113. The first-order valence-corrected chi connectivity index (χ1v) is 11.1. The SMILES string of the molecule is Cn1c(=O)c2c(SCC(=O)Nc3nccs3)nc(C3CCCC3)nc2n(C)c1=O. The van der Waals surface area contributed by atoms with Gasteiger partial charge in [0.15, 0.2) is 10.8 Å². The maximum Gasteiger partial charge on any atom is 0.332 e. The molecule has 4 rings (SSSR count). The zero-order valence-electron chi connectivity index (χ0n) is 16.0. The third kappa shape index (κ3) is 3.84. The first kappa shape index (κ1) is 19.8. The topological polar surface area (TPSA) is 112 Å². The zero-order chi connectivity index (χ0) is 20.5. The molecule has 1 fully saturated rings. The normalized spacial score (nSPS) is 14.6. The van der Waals surface area contributed by atoms with Crippen molar-refractivity contribution in [1.29, 1.82) is 0 Å². The summed E-state index contributed by atoms with van der Waals surface area (Å²) in [6.45, 7) is 0. The number of hydrogen-bond acceptors (Lipinski definition) is 8. The minimum absolute atomic E-state index is 0.0712. The highest BCUT2D eigenvalue weighted by molar-refractivity contribution is 8.00. The van der Waals surface area contributed by atoms with Gasteiger partial charge < -0.3 is 5.32 Å². The predicted molar refractivity (Wildman–Crippen MR) is 113 cm³/mol. The highest BCUT2D eigenvalue weighted by Gasteiger charge is 2.24. The van der Waals surface area contributed by atoms with Gasteiger partial charge in [-0.05, 0) is 12.8 Å². The minimum Gasteiger partial charge on any atom is -0.301 e. The third-order valence-electron chi connectivity index (χ3n) is 5.02. The van der Waals surface area contributed by atoms with Crippen LogP contribution in [0.2, 0.25) is 0 Å². The molecule has 0 atom stereocenters. The van der Waals surface area contributed by atoms with Gasteiger partial charge in [-0.15, -0.1) is 11.3 Å². The third-order valence-corrected chi connectivity index (χ3v) is 6.69. The van der Waals surface area contributed by atoms with Crippen molar-refractivity contribution < 1.29 is 4.79 Å². The molecule has 9 nitrogen and oxygen atoms in total. The Hall–Kier alpha value is -2.53. The second-order valence-corrected chi connectivity index (χ2v) is 8.81. The Morgan fingerprint density at radius 2 is 2.00 bits per heavy atom. The molecule has 0 spiro atoms. The van der Waals surface area contributed by atoms with E-state index >= 15 is 0 Å². The van der Waals surface area contributed by atoms with Gasteiger partial charge >= 0.3 is 5.69 Å². The van der Waals surface area contributed by atoms with Crippen LogP contribution < -0.4 is 16.6 Å². The van der Waals surface area contributed by atoms with E-state index in [2.05, 4.69) is 20.3 Å². The van der Waals surface area contributed by atoms with Crippen LogP contribution in [-0.2, 0) is 18.9 Å². The molecule has 3 aromatic rings. The average molecular weight is 433 g/mol. The fourth-order valence-corrected chi connectivity index (χ4v) is 4.86. The highest BCUT2D eigenvalue weighted by atomic mass is 32.2. The molecule has 0 saturated heterocycles. The molecule has 0 radical (unpaired) electrons. The maximum absolute atomic E-state index is 12.8. The van der Waals surface area contributed by atoms with Gasteiger partial charge in [-0.3, -0.25) is 18.7 Å². The van der Waals surface area contributed by atoms with Gasteiger partial charge in [-0.2, -0.15) is 0 Å². The molecule has 1 saturated carbocycles. The van der Waals surface area contributed by atoms with Crippen LogP contribution >= 0.6 is 23.1 Å². The number of rotatable bonds is 5. The number of carbonyl (C=O) groups is 1. The molecule has 0 unspecified atom stereocenters. The lowest BCUT2D eigenvalue weighted by Gasteiger charge is -2.14. The van der Waals surface area contributed by atoms with Crippen LogP contribution in [0, 0.1) is 0 Å². The number of hydrogen-bond donors (Lipinski definition) is 1. The van der Waals surface area contributed by atoms with Crippen LogP contribution in [0.3, 0.4) is 0 Å². The van der Waals surface area contributed by atoms with Crippen LogP contribution in [0.5, 0.6) is 0 Å². The molecule has 29 heavy (non-hydrogen) atoms. The number of aromatic nitrogens is 5. The van der Waals surface area contributed by atoms with Crippen LogP contribution in [0.25, 0.3) is 11.0 Å². The molecule has 0 bridgehead atoms. The molecule has 152 valence electrons. The molecule has 1 N–H and O–H groups in total. The molecule has 0 aromatic carbocycles. The maximum atomic E-state index is 12.8. The number of thiazole rings is 1. The molecular formula is C18H20N6O3S2. The number of carbonyl (C=O) groups excluding carboxylic acids is 1. The molecule has 11 heteroatoms. The predicted octanol–water partition coefficient (Wildman–Crippen LogP) is 1.87. The highest BCUT2D eigenvalue weighted by Crippen LogP contribution is 2.34. The van der Waals surface area contributed by atoms with E-state index in [1.54, 1.807) is 18.6 Å². The van der Waals surface area contributed by atoms with E-state index in [-0.39, 0.29) is 23.0 Å². The summed E-state index contributed by atoms with van der Waals surface area (Å²) in [4.78, 5) is 50.7. The van der Waals surface area contributed by atoms with Crippen LogP contribution in [-0.4, -0.2) is 35.7 Å². The smallest absolute Gasteiger partial charge is 0.301 e. The van der Waals surface area contributed by atoms with Crippen molar-refractivity contribution in [2.45, 2.75) is 36.6 Å². The van der Waals surface area contributed by atoms with Gasteiger partial charge in [-0.1, -0.05) is 24.6 Å². The first-order chi connectivity index (χ1) is 14.0. The fraction of sp³-hybridized carbons (Fsp3) is 0.444. The Bertz CT molecular complexity index is 1180. The summed E-state index contributed by atoms with van der Waals surface area (Å²) in [7, 11) is 3.03. The minimum atomic E-state index is -0.455.